The molecule has 0 spiro atoms. The number of halogens is 1. The first-order valence-electron chi connectivity index (χ1n) is 8.10. The summed E-state index contributed by atoms with van der Waals surface area (Å²) in [5.41, 5.74) is 2.55. The lowest BCUT2D eigenvalue weighted by atomic mass is 9.98. The van der Waals surface area contributed by atoms with Gasteiger partial charge in [-0.15, -0.1) is 0 Å². The Morgan fingerprint density at radius 1 is 1.22 bits per heavy atom. The highest BCUT2D eigenvalue weighted by atomic mass is 35.5. The third kappa shape index (κ3) is 4.23. The third-order valence-electron chi connectivity index (χ3n) is 4.20. The zero-order valence-corrected chi connectivity index (χ0v) is 16.4. The molecule has 0 saturated carbocycles. The van der Waals surface area contributed by atoms with E-state index in [-0.39, 0.29) is 18.0 Å². The zero-order chi connectivity index (χ0) is 19.6. The van der Waals surface area contributed by atoms with Crippen LogP contribution >= 0.6 is 11.6 Å². The molecule has 2 aromatic carbocycles. The smallest absolute Gasteiger partial charge is 0.343 e. The van der Waals surface area contributed by atoms with Gasteiger partial charge in [0.05, 0.1) is 5.75 Å². The molecule has 0 atom stereocenters. The fourth-order valence-electron chi connectivity index (χ4n) is 2.70. The quantitative estimate of drug-likeness (QED) is 0.612. The average molecular weight is 408 g/mol. The number of aromatic amines is 1. The average Bonchev–Trinajstić information content (AvgIpc) is 2.94. The van der Waals surface area contributed by atoms with Crippen molar-refractivity contribution in [1.29, 1.82) is 0 Å². The topological polar surface area (TPSA) is 94.0 Å². The van der Waals surface area contributed by atoms with E-state index in [4.69, 9.17) is 16.3 Å². The van der Waals surface area contributed by atoms with Gasteiger partial charge in [-0.1, -0.05) is 35.9 Å². The summed E-state index contributed by atoms with van der Waals surface area (Å²) in [5, 5.41) is 6.83. The molecule has 7 nitrogen and oxygen atoms in total. The van der Waals surface area contributed by atoms with Crippen molar-refractivity contribution >= 4 is 22.3 Å². The summed E-state index contributed by atoms with van der Waals surface area (Å²) in [6.07, 6.45) is 0. The maximum Gasteiger partial charge on any atom is 0.343 e. The van der Waals surface area contributed by atoms with Crippen molar-refractivity contribution in [1.82, 2.24) is 14.8 Å². The van der Waals surface area contributed by atoms with Gasteiger partial charge in [0.15, 0.2) is 5.82 Å². The van der Waals surface area contributed by atoms with Gasteiger partial charge in [0.2, 0.25) is 0 Å². The number of thiol groups is 1. The molecule has 0 aliphatic carbocycles. The number of hydrogen-bond acceptors (Lipinski definition) is 5. The molecule has 27 heavy (non-hydrogen) atoms. The predicted octanol–water partition coefficient (Wildman–Crippen LogP) is 2.43. The lowest BCUT2D eigenvalue weighted by molar-refractivity contribution is 0.292. The van der Waals surface area contributed by atoms with Gasteiger partial charge in [0.1, 0.15) is 23.1 Å². The monoisotopic (exact) mass is 407 g/mol. The normalized spacial score (nSPS) is 11.1. The van der Waals surface area contributed by atoms with E-state index in [0.29, 0.717) is 27.7 Å². The molecule has 9 heteroatoms. The van der Waals surface area contributed by atoms with E-state index in [2.05, 4.69) is 10.2 Å². The van der Waals surface area contributed by atoms with Crippen molar-refractivity contribution < 1.29 is 13.2 Å². The van der Waals surface area contributed by atoms with E-state index in [0.717, 1.165) is 11.1 Å². The minimum absolute atomic E-state index is 0.0707. The number of aryl methyl sites for hydroxylation is 1. The first-order valence-corrected chi connectivity index (χ1v) is 9.84. The van der Waals surface area contributed by atoms with Crippen LogP contribution in [-0.2, 0) is 30.1 Å². The van der Waals surface area contributed by atoms with Gasteiger partial charge in [-0.2, -0.15) is 5.10 Å². The Labute approximate surface area is 162 Å². The molecule has 0 aliphatic rings. The summed E-state index contributed by atoms with van der Waals surface area (Å²) in [6.45, 7) is 1.92. The Morgan fingerprint density at radius 3 is 2.63 bits per heavy atom. The first kappa shape index (κ1) is 19.2. The zero-order valence-electron chi connectivity index (χ0n) is 14.7. The number of aromatic nitrogens is 3. The summed E-state index contributed by atoms with van der Waals surface area (Å²) in [4.78, 5) is 11.5. The van der Waals surface area contributed by atoms with Crippen LogP contribution in [0.3, 0.4) is 0 Å². The van der Waals surface area contributed by atoms with Gasteiger partial charge < -0.3 is 4.74 Å². The van der Waals surface area contributed by atoms with E-state index < -0.39 is 10.7 Å². The van der Waals surface area contributed by atoms with Crippen LogP contribution in [0.4, 0.5) is 0 Å². The third-order valence-corrected chi connectivity index (χ3v) is 5.20. The maximum absolute atomic E-state index is 11.5. The van der Waals surface area contributed by atoms with Crippen LogP contribution in [0.1, 0.15) is 17.0 Å². The van der Waals surface area contributed by atoms with E-state index in [1.807, 2.05) is 19.1 Å². The Morgan fingerprint density at radius 2 is 1.96 bits per heavy atom. The molecule has 0 bridgehead atoms. The van der Waals surface area contributed by atoms with Gasteiger partial charge >= 0.3 is 5.69 Å². The van der Waals surface area contributed by atoms with Gasteiger partial charge in [-0.3, -0.25) is 4.57 Å². The number of benzene rings is 2. The van der Waals surface area contributed by atoms with Crippen molar-refractivity contribution in [3.8, 4) is 16.9 Å². The fourth-order valence-corrected chi connectivity index (χ4v) is 3.41. The first-order chi connectivity index (χ1) is 12.9. The van der Waals surface area contributed by atoms with Crippen LogP contribution in [0.2, 0.25) is 5.02 Å². The molecule has 0 radical (unpaired) electrons. The number of ether oxygens (including phenoxy) is 1. The standard InChI is InChI=1S/C18H18ClN3O4S/c1-11-7-16(26-9-17-20-21-18(23)22(17)2)14(8-15(11)19)13-6-4-3-5-12(13)10-27(24)25/h3-8,27H,9-10H2,1-2H3,(H,21,23). The number of H-pyrrole nitrogens is 1. The van der Waals surface area contributed by atoms with Crippen molar-refractivity contribution in [3.63, 3.8) is 0 Å². The van der Waals surface area contributed by atoms with Gasteiger partial charge in [0.25, 0.3) is 0 Å². The second kappa shape index (κ2) is 7.98. The van der Waals surface area contributed by atoms with Crippen LogP contribution in [-0.4, -0.2) is 23.2 Å². The minimum atomic E-state index is -2.58. The van der Waals surface area contributed by atoms with Crippen molar-refractivity contribution in [2.45, 2.75) is 19.3 Å². The molecule has 0 aliphatic heterocycles. The largest absolute Gasteiger partial charge is 0.485 e. The molecule has 1 N–H and O–H groups in total. The van der Waals surface area contributed by atoms with Gasteiger partial charge in [0, 0.05) is 17.6 Å². The minimum Gasteiger partial charge on any atom is -0.485 e. The summed E-state index contributed by atoms with van der Waals surface area (Å²) >= 11 is 6.30. The fraction of sp³-hybridized carbons (Fsp3) is 0.222. The van der Waals surface area contributed by atoms with E-state index in [1.54, 1.807) is 31.3 Å². The summed E-state index contributed by atoms with van der Waals surface area (Å²) in [6, 6.07) is 10.7. The Hall–Kier alpha value is -2.58. The Bertz CT molecular complexity index is 1110. The molecule has 0 unspecified atom stereocenters. The molecule has 1 aromatic heterocycles. The van der Waals surface area contributed by atoms with E-state index in [9.17, 15) is 13.2 Å². The van der Waals surface area contributed by atoms with Crippen LogP contribution in [0.15, 0.2) is 41.2 Å². The molecule has 0 saturated heterocycles. The van der Waals surface area contributed by atoms with E-state index >= 15 is 0 Å². The Balaban J connectivity index is 2.04. The highest BCUT2D eigenvalue weighted by molar-refractivity contribution is 7.71. The number of hydrogen-bond donors (Lipinski definition) is 2. The molecule has 1 heterocycles. The van der Waals surface area contributed by atoms with Crippen LogP contribution < -0.4 is 10.4 Å². The molecule has 3 aromatic rings. The second-order valence-corrected chi connectivity index (χ2v) is 7.43. The van der Waals surface area contributed by atoms with Crippen molar-refractivity contribution in [2.24, 2.45) is 7.05 Å². The summed E-state index contributed by atoms with van der Waals surface area (Å²) in [5.74, 6) is 0.889. The van der Waals surface area contributed by atoms with Crippen molar-refractivity contribution in [2.75, 3.05) is 0 Å². The highest BCUT2D eigenvalue weighted by Gasteiger charge is 2.15. The summed E-state index contributed by atoms with van der Waals surface area (Å²) in [7, 11) is -0.983. The lowest BCUT2D eigenvalue weighted by Crippen LogP contribution is -2.15. The van der Waals surface area contributed by atoms with Crippen LogP contribution in [0.25, 0.3) is 11.1 Å². The number of nitrogens with one attached hydrogen (secondary N) is 1. The molecule has 142 valence electrons. The van der Waals surface area contributed by atoms with Gasteiger partial charge in [-0.05, 0) is 35.7 Å². The second-order valence-electron chi connectivity index (χ2n) is 6.04. The number of rotatable bonds is 6. The number of nitrogens with zero attached hydrogens (tertiary/aromatic N) is 2. The molecule has 0 amide bonds. The van der Waals surface area contributed by atoms with Crippen LogP contribution in [0, 0.1) is 6.92 Å². The van der Waals surface area contributed by atoms with E-state index in [1.165, 1.54) is 4.57 Å². The molecule has 3 rings (SSSR count). The summed E-state index contributed by atoms with van der Waals surface area (Å²) < 4.78 is 29.8. The molecular formula is C18H18ClN3O4S. The SMILES string of the molecule is Cc1cc(OCc2n[nH]c(=O)n2C)c(-c2ccccc2C[SH](=O)=O)cc1Cl. The van der Waals surface area contributed by atoms with Crippen LogP contribution in [0.5, 0.6) is 5.75 Å². The lowest BCUT2D eigenvalue weighted by Gasteiger charge is -2.15. The van der Waals surface area contributed by atoms with Crippen molar-refractivity contribution in [3.05, 3.63) is 68.9 Å². The Kier molecular flexibility index (Phi) is 5.67. The molecule has 0 fully saturated rings. The highest BCUT2D eigenvalue weighted by Crippen LogP contribution is 2.37. The molecular weight excluding hydrogens is 390 g/mol. The van der Waals surface area contributed by atoms with Gasteiger partial charge in [-0.25, -0.2) is 18.3 Å². The predicted molar refractivity (Wildman–Crippen MR) is 104 cm³/mol. The maximum atomic E-state index is 11.5.